The molecule has 0 saturated carbocycles. The molecule has 0 radical (unpaired) electrons. The monoisotopic (exact) mass is 443 g/mol. The lowest BCUT2D eigenvalue weighted by atomic mass is 10.00. The Bertz CT molecular complexity index is 982. The Kier molecular flexibility index (Phi) is 6.91. The minimum Gasteiger partial charge on any atom is -0.467 e. The Morgan fingerprint density at radius 1 is 1.23 bits per heavy atom. The van der Waals surface area contributed by atoms with Crippen LogP contribution in [0.3, 0.4) is 0 Å². The summed E-state index contributed by atoms with van der Waals surface area (Å²) in [6.07, 6.45) is 3.90. The maximum absolute atomic E-state index is 13.0. The number of benzene rings is 1. The second-order valence-corrected chi connectivity index (χ2v) is 8.75. The fourth-order valence-electron chi connectivity index (χ4n) is 3.51. The third-order valence-corrected chi connectivity index (χ3v) is 6.36. The van der Waals surface area contributed by atoms with Crippen molar-refractivity contribution >= 4 is 23.6 Å². The first-order valence-corrected chi connectivity index (χ1v) is 11.4. The van der Waals surface area contributed by atoms with Gasteiger partial charge in [-0.25, -0.2) is 4.39 Å². The molecule has 0 unspecified atom stereocenters. The zero-order chi connectivity index (χ0) is 21.6. The van der Waals surface area contributed by atoms with Crippen LogP contribution < -0.4 is 10.2 Å². The number of halogens is 1. The summed E-state index contributed by atoms with van der Waals surface area (Å²) in [5.41, 5.74) is 0.849. The van der Waals surface area contributed by atoms with E-state index in [-0.39, 0.29) is 17.5 Å². The number of hydrogen-bond donors (Lipinski definition) is 1. The molecule has 1 aliphatic rings. The van der Waals surface area contributed by atoms with Crippen molar-refractivity contribution < 1.29 is 13.6 Å². The van der Waals surface area contributed by atoms with Crippen LogP contribution >= 0.6 is 11.8 Å². The highest BCUT2D eigenvalue weighted by molar-refractivity contribution is 7.99. The lowest BCUT2D eigenvalue weighted by Crippen LogP contribution is -2.35. The number of rotatable bonds is 8. The van der Waals surface area contributed by atoms with Crippen LogP contribution in [0.1, 0.15) is 31.1 Å². The number of carbonyl (C=O) groups excluding carboxylic acids is 1. The van der Waals surface area contributed by atoms with Gasteiger partial charge in [0.2, 0.25) is 11.9 Å². The normalized spacial score (nSPS) is 14.7. The van der Waals surface area contributed by atoms with E-state index in [1.165, 1.54) is 23.9 Å². The summed E-state index contributed by atoms with van der Waals surface area (Å²) in [5, 5.41) is 12.3. The van der Waals surface area contributed by atoms with Crippen molar-refractivity contribution in [1.29, 1.82) is 0 Å². The van der Waals surface area contributed by atoms with Gasteiger partial charge in [0.05, 0.1) is 18.6 Å². The summed E-state index contributed by atoms with van der Waals surface area (Å²) in [6, 6.07) is 9.87. The topological polar surface area (TPSA) is 76.2 Å². The predicted molar refractivity (Wildman–Crippen MR) is 117 cm³/mol. The molecule has 1 N–H and O–H groups in total. The van der Waals surface area contributed by atoms with E-state index in [1.807, 2.05) is 16.7 Å². The average Bonchev–Trinajstić information content (AvgIpc) is 3.43. The molecule has 1 saturated heterocycles. The molecule has 0 bridgehead atoms. The summed E-state index contributed by atoms with van der Waals surface area (Å²) in [6.45, 7) is 5.04. The van der Waals surface area contributed by atoms with Crippen LogP contribution in [0, 0.1) is 11.7 Å². The molecule has 0 spiro atoms. The maximum Gasteiger partial charge on any atom is 0.230 e. The van der Waals surface area contributed by atoms with Crippen molar-refractivity contribution in [2.75, 3.05) is 23.7 Å². The SMILES string of the molecule is CC1CCN(c2nnc(SCC(=O)NCc3ccc(F)cc3)n2Cc2ccco2)CC1. The number of furan rings is 1. The van der Waals surface area contributed by atoms with E-state index in [9.17, 15) is 9.18 Å². The van der Waals surface area contributed by atoms with Gasteiger partial charge in [-0.2, -0.15) is 0 Å². The van der Waals surface area contributed by atoms with E-state index in [1.54, 1.807) is 18.4 Å². The maximum atomic E-state index is 13.0. The number of piperidine rings is 1. The number of amides is 1. The van der Waals surface area contributed by atoms with Gasteiger partial charge in [0.15, 0.2) is 5.16 Å². The van der Waals surface area contributed by atoms with Crippen LogP contribution in [0.4, 0.5) is 10.3 Å². The fourth-order valence-corrected chi connectivity index (χ4v) is 4.27. The number of thioether (sulfide) groups is 1. The number of aromatic nitrogens is 3. The molecule has 31 heavy (non-hydrogen) atoms. The standard InChI is InChI=1S/C22H26FN5O2S/c1-16-8-10-27(11-9-16)21-25-26-22(28(21)14-19-3-2-12-30-19)31-15-20(29)24-13-17-4-6-18(23)7-5-17/h2-7,12,16H,8-11,13-15H2,1H3,(H,24,29). The summed E-state index contributed by atoms with van der Waals surface area (Å²) in [4.78, 5) is 14.6. The molecule has 3 aromatic rings. The Labute approximate surface area is 185 Å². The van der Waals surface area contributed by atoms with E-state index in [0.717, 1.165) is 49.1 Å². The molecule has 1 fully saturated rings. The average molecular weight is 444 g/mol. The van der Waals surface area contributed by atoms with Crippen molar-refractivity contribution in [2.24, 2.45) is 5.92 Å². The number of nitrogens with one attached hydrogen (secondary N) is 1. The van der Waals surface area contributed by atoms with Crippen LogP contribution in [-0.4, -0.2) is 39.5 Å². The van der Waals surface area contributed by atoms with E-state index in [0.29, 0.717) is 18.2 Å². The summed E-state index contributed by atoms with van der Waals surface area (Å²) in [7, 11) is 0. The van der Waals surface area contributed by atoms with E-state index in [2.05, 4.69) is 27.3 Å². The molecule has 1 amide bonds. The number of hydrogen-bond acceptors (Lipinski definition) is 6. The van der Waals surface area contributed by atoms with Crippen LogP contribution in [0.25, 0.3) is 0 Å². The molecule has 164 valence electrons. The first kappa shape index (κ1) is 21.4. The zero-order valence-corrected chi connectivity index (χ0v) is 18.3. The van der Waals surface area contributed by atoms with E-state index < -0.39 is 0 Å². The van der Waals surface area contributed by atoms with Gasteiger partial charge in [0.1, 0.15) is 11.6 Å². The Balaban J connectivity index is 1.40. The molecule has 7 nitrogen and oxygen atoms in total. The molecule has 9 heteroatoms. The first-order valence-electron chi connectivity index (χ1n) is 10.4. The van der Waals surface area contributed by atoms with E-state index in [4.69, 9.17) is 4.42 Å². The van der Waals surface area contributed by atoms with E-state index >= 15 is 0 Å². The smallest absolute Gasteiger partial charge is 0.230 e. The van der Waals surface area contributed by atoms with Crippen molar-refractivity contribution in [3.63, 3.8) is 0 Å². The minimum absolute atomic E-state index is 0.116. The van der Waals surface area contributed by atoms with Crippen molar-refractivity contribution in [3.8, 4) is 0 Å². The van der Waals surface area contributed by atoms with Crippen molar-refractivity contribution in [3.05, 3.63) is 59.8 Å². The molecule has 3 heterocycles. The quantitative estimate of drug-likeness (QED) is 0.535. The van der Waals surface area contributed by atoms with Gasteiger partial charge in [-0.05, 0) is 48.6 Å². The zero-order valence-electron chi connectivity index (χ0n) is 17.5. The third-order valence-electron chi connectivity index (χ3n) is 5.39. The second kappa shape index (κ2) is 10.00. The van der Waals surface area contributed by atoms with Gasteiger partial charge in [-0.15, -0.1) is 10.2 Å². The Hall–Kier alpha value is -2.81. The molecular weight excluding hydrogens is 417 g/mol. The second-order valence-electron chi connectivity index (χ2n) is 7.81. The number of carbonyl (C=O) groups is 1. The van der Waals surface area contributed by atoms with Crippen molar-refractivity contribution in [2.45, 2.75) is 38.0 Å². The molecule has 0 atom stereocenters. The molecule has 0 aliphatic carbocycles. The van der Waals surface area contributed by atoms with Crippen LogP contribution in [0.15, 0.2) is 52.2 Å². The molecule has 2 aromatic heterocycles. The molecule has 4 rings (SSSR count). The first-order chi connectivity index (χ1) is 15.1. The van der Waals surface area contributed by atoms with Gasteiger partial charge in [-0.3, -0.25) is 9.36 Å². The van der Waals surface area contributed by atoms with Gasteiger partial charge in [0, 0.05) is 19.6 Å². The van der Waals surface area contributed by atoms with Gasteiger partial charge in [0.25, 0.3) is 0 Å². The predicted octanol–water partition coefficient (Wildman–Crippen LogP) is 3.70. The van der Waals surface area contributed by atoms with Crippen LogP contribution in [-0.2, 0) is 17.9 Å². The van der Waals surface area contributed by atoms with Gasteiger partial charge >= 0.3 is 0 Å². The Morgan fingerprint density at radius 3 is 2.71 bits per heavy atom. The molecular formula is C22H26FN5O2S. The Morgan fingerprint density at radius 2 is 2.00 bits per heavy atom. The van der Waals surface area contributed by atoms with Gasteiger partial charge < -0.3 is 14.6 Å². The third kappa shape index (κ3) is 5.66. The molecule has 1 aliphatic heterocycles. The van der Waals surface area contributed by atoms with Crippen molar-refractivity contribution in [1.82, 2.24) is 20.1 Å². The highest BCUT2D eigenvalue weighted by Crippen LogP contribution is 2.27. The lowest BCUT2D eigenvalue weighted by molar-refractivity contribution is -0.118. The summed E-state index contributed by atoms with van der Waals surface area (Å²) in [5.74, 6) is 2.16. The molecule has 1 aromatic carbocycles. The lowest BCUT2D eigenvalue weighted by Gasteiger charge is -2.31. The summed E-state index contributed by atoms with van der Waals surface area (Å²) < 4.78 is 20.6. The highest BCUT2D eigenvalue weighted by atomic mass is 32.2. The number of anilines is 1. The number of nitrogens with zero attached hydrogens (tertiary/aromatic N) is 4. The summed E-state index contributed by atoms with van der Waals surface area (Å²) >= 11 is 1.35. The largest absolute Gasteiger partial charge is 0.467 e. The van der Waals surface area contributed by atoms with Gasteiger partial charge in [-0.1, -0.05) is 30.8 Å². The van der Waals surface area contributed by atoms with Crippen LogP contribution in [0.2, 0.25) is 0 Å². The highest BCUT2D eigenvalue weighted by Gasteiger charge is 2.23. The van der Waals surface area contributed by atoms with Crippen LogP contribution in [0.5, 0.6) is 0 Å². The fraction of sp³-hybridized carbons (Fsp3) is 0.409. The minimum atomic E-state index is -0.291.